The van der Waals surface area contributed by atoms with Crippen molar-refractivity contribution < 1.29 is 66.5 Å². The molecule has 8 amide bonds. The van der Waals surface area contributed by atoms with E-state index in [0.717, 1.165) is 29.3 Å². The van der Waals surface area contributed by atoms with Crippen LogP contribution in [0.5, 0.6) is 0 Å². The van der Waals surface area contributed by atoms with E-state index in [1.165, 1.54) is 18.7 Å². The van der Waals surface area contributed by atoms with Crippen molar-refractivity contribution in [2.45, 2.75) is 156 Å². The molecule has 0 aliphatic carbocycles. The van der Waals surface area contributed by atoms with E-state index in [4.69, 9.17) is 15.2 Å². The number of ether oxygens (including phenoxy) is 2. The second kappa shape index (κ2) is 32.4. The number of primary amides is 1. The van der Waals surface area contributed by atoms with Crippen molar-refractivity contribution >= 4 is 53.4 Å². The predicted octanol–water partition coefficient (Wildman–Crippen LogP) is 5.36. The highest BCUT2D eigenvalue weighted by Crippen LogP contribution is 2.41. The van der Waals surface area contributed by atoms with Gasteiger partial charge in [-0.1, -0.05) is 81.4 Å². The molecule has 9 N–H and O–H groups in total. The normalized spacial score (nSPS) is 13.2. The first-order valence-corrected chi connectivity index (χ1v) is 27.7. The lowest BCUT2D eigenvalue weighted by Gasteiger charge is -2.41. The summed E-state index contributed by atoms with van der Waals surface area (Å²) in [5, 5.41) is 25.6. The van der Waals surface area contributed by atoms with Crippen LogP contribution in [0.2, 0.25) is 0 Å². The van der Waals surface area contributed by atoms with Crippen molar-refractivity contribution in [3.05, 3.63) is 120 Å². The lowest BCUT2D eigenvalue weighted by molar-refractivity contribution is -0.159. The van der Waals surface area contributed by atoms with Gasteiger partial charge in [0.15, 0.2) is 0 Å². The quantitative estimate of drug-likeness (QED) is 0.0234. The third-order valence-corrected chi connectivity index (χ3v) is 12.9. The zero-order valence-corrected chi connectivity index (χ0v) is 48.6. The van der Waals surface area contributed by atoms with Gasteiger partial charge in [-0.3, -0.25) is 33.6 Å². The van der Waals surface area contributed by atoms with Crippen LogP contribution in [0.4, 0.5) is 13.6 Å². The van der Waals surface area contributed by atoms with Crippen LogP contribution in [0, 0.1) is 17.0 Å². The molecule has 4 rings (SSSR count). The number of amides is 8. The number of hydrogen-bond acceptors (Lipinski definition) is 12. The van der Waals surface area contributed by atoms with Gasteiger partial charge in [-0.05, 0) is 108 Å². The molecule has 21 nitrogen and oxygen atoms in total. The summed E-state index contributed by atoms with van der Waals surface area (Å²) >= 11 is 0. The maximum atomic E-state index is 15.2. The molecule has 0 spiro atoms. The van der Waals surface area contributed by atoms with E-state index in [-0.39, 0.29) is 63.9 Å². The van der Waals surface area contributed by atoms with Crippen molar-refractivity contribution in [3.63, 3.8) is 0 Å². The number of hydrogen-bond donors (Lipinski definition) is 8. The molecular formula is C60H81F2N9O12. The first kappa shape index (κ1) is 67.3. The molecule has 0 saturated heterocycles. The second-order valence-corrected chi connectivity index (χ2v) is 22.3. The Labute approximate surface area is 483 Å². The Hall–Kier alpha value is -8.21. The number of nitrogens with one attached hydrogen (secondary N) is 6. The summed E-state index contributed by atoms with van der Waals surface area (Å²) in [7, 11) is 0. The number of aliphatic hydroxyl groups excluding tert-OH is 1. The van der Waals surface area contributed by atoms with Crippen molar-refractivity contribution in [1.29, 1.82) is 0 Å². The fraction of sp³-hybridized carbons (Fsp3) is 0.483. The third-order valence-electron chi connectivity index (χ3n) is 12.9. The van der Waals surface area contributed by atoms with Crippen molar-refractivity contribution in [2.75, 3.05) is 26.2 Å². The summed E-state index contributed by atoms with van der Waals surface area (Å²) < 4.78 is 42.2. The van der Waals surface area contributed by atoms with Crippen LogP contribution in [-0.4, -0.2) is 124 Å². The molecule has 1 aromatic heterocycles. The van der Waals surface area contributed by atoms with Gasteiger partial charge in [-0.25, -0.2) is 18.4 Å². The second-order valence-electron chi connectivity index (χ2n) is 22.3. The number of alkyl carbamates (subject to hydrolysis) is 1. The van der Waals surface area contributed by atoms with Crippen molar-refractivity contribution in [3.8, 4) is 11.1 Å². The Bertz CT molecular complexity index is 2840. The molecule has 0 aliphatic heterocycles. The number of nitrogens with zero attached hydrogens (tertiary/aromatic N) is 2. The van der Waals surface area contributed by atoms with Gasteiger partial charge < -0.3 is 61.7 Å². The number of carbonyl (C=O) groups is 9. The SMILES string of the molecule is C[C@H](NC(=O)CCCC(=O)N[C@@H](CCCCNC(=O)OCc1ccccc1)C(=O)OC(C)(C)C)C(=O)N[C@@H](C)C(=O)N[C@@H](CC(N)=O)C(=O)NCCCN(C(=O)CO)[C@@H](c1cc(-c2cc(F)ccc2F)cn1Cc1ccccc1)C(C)(C)C. The molecule has 5 atom stereocenters. The van der Waals surface area contributed by atoms with E-state index in [2.05, 4.69) is 31.9 Å². The van der Waals surface area contributed by atoms with Crippen LogP contribution in [0.15, 0.2) is 91.1 Å². The molecule has 3 aromatic carbocycles. The van der Waals surface area contributed by atoms with Gasteiger partial charge in [0.05, 0.1) is 12.5 Å². The molecule has 23 heteroatoms. The van der Waals surface area contributed by atoms with E-state index in [0.29, 0.717) is 30.6 Å². The Morgan fingerprint density at radius 1 is 0.687 bits per heavy atom. The highest BCUT2D eigenvalue weighted by atomic mass is 19.1. The minimum atomic E-state index is -1.49. The number of unbranched alkanes of at least 4 members (excludes halogenated alkanes) is 1. The van der Waals surface area contributed by atoms with E-state index in [9.17, 15) is 52.6 Å². The van der Waals surface area contributed by atoms with Crippen molar-refractivity contribution in [1.82, 2.24) is 41.4 Å². The van der Waals surface area contributed by atoms with Gasteiger partial charge in [0, 0.05) is 62.0 Å². The van der Waals surface area contributed by atoms with Crippen LogP contribution in [0.1, 0.15) is 130 Å². The molecule has 452 valence electrons. The number of aliphatic hydroxyl groups is 1. The summed E-state index contributed by atoms with van der Waals surface area (Å²) in [6, 6.07) is 17.7. The standard InChI is InChI=1S/C60H81F2N9O12/c1-38(66-50(74)24-17-25-51(75)68-46(57(80)83-60(6,7)8)23-15-16-28-65-58(81)82-37-41-21-13-10-14-22-41)54(77)67-39(2)55(78)69-47(33-49(63)73)56(79)64-29-18-30-71(52(76)36-72)53(59(3,4)5)48-31-42(44-32-43(61)26-27-45(44)62)35-70(48)34-40-19-11-9-12-20-40/h9-14,19-22,26-27,31-32,35,38-39,46-47,53,72H,15-18,23-25,28-30,33-34,36-37H2,1-8H3,(H2,63,73)(H,64,79)(H,65,81)(H,66,74)(H,67,77)(H,68,75)(H,69,78)/t38-,39-,46-,47-,53-/m0/s1. The lowest BCUT2D eigenvalue weighted by Crippen LogP contribution is -2.56. The number of halogens is 2. The molecule has 0 aliphatic rings. The Morgan fingerprint density at radius 3 is 1.90 bits per heavy atom. The zero-order chi connectivity index (χ0) is 61.4. The fourth-order valence-electron chi connectivity index (χ4n) is 8.91. The third kappa shape index (κ3) is 23.3. The molecule has 0 fully saturated rings. The predicted molar refractivity (Wildman–Crippen MR) is 305 cm³/mol. The van der Waals surface area contributed by atoms with Crippen LogP contribution >= 0.6 is 0 Å². The van der Waals surface area contributed by atoms with Crippen LogP contribution in [-0.2, 0) is 61.0 Å². The fourth-order valence-corrected chi connectivity index (χ4v) is 8.91. The number of esters is 1. The molecule has 0 saturated carbocycles. The number of aromatic nitrogens is 1. The average Bonchev–Trinajstić information content (AvgIpc) is 3.27. The van der Waals surface area contributed by atoms with Crippen LogP contribution < -0.4 is 37.6 Å². The number of benzene rings is 3. The topological polar surface area (TPSA) is 299 Å². The first-order valence-electron chi connectivity index (χ1n) is 27.7. The Morgan fingerprint density at radius 2 is 1.29 bits per heavy atom. The lowest BCUT2D eigenvalue weighted by atomic mass is 9.83. The Balaban J connectivity index is 1.28. The minimum absolute atomic E-state index is 0.0142. The number of nitrogens with two attached hydrogens (primary N) is 1. The zero-order valence-electron chi connectivity index (χ0n) is 48.6. The molecule has 1 heterocycles. The largest absolute Gasteiger partial charge is 0.458 e. The van der Waals surface area contributed by atoms with E-state index in [1.54, 1.807) is 33.0 Å². The van der Waals surface area contributed by atoms with E-state index < -0.39 is 119 Å². The molecule has 83 heavy (non-hydrogen) atoms. The summed E-state index contributed by atoms with van der Waals surface area (Å²) in [4.78, 5) is 118. The van der Waals surface area contributed by atoms with Gasteiger partial charge in [-0.2, -0.15) is 0 Å². The summed E-state index contributed by atoms with van der Waals surface area (Å²) in [5.41, 5.74) is 6.57. The molecular weight excluding hydrogens is 1080 g/mol. The van der Waals surface area contributed by atoms with Gasteiger partial charge in [-0.15, -0.1) is 0 Å². The van der Waals surface area contributed by atoms with Crippen LogP contribution in [0.3, 0.4) is 0 Å². The summed E-state index contributed by atoms with van der Waals surface area (Å²) in [6.07, 6.45) is 1.44. The Kier molecular flexibility index (Phi) is 26.3. The van der Waals surface area contributed by atoms with Gasteiger partial charge >= 0.3 is 12.1 Å². The highest BCUT2D eigenvalue weighted by molar-refractivity contribution is 5.95. The maximum Gasteiger partial charge on any atom is 0.407 e. The summed E-state index contributed by atoms with van der Waals surface area (Å²) in [6.45, 7) is 13.1. The smallest absolute Gasteiger partial charge is 0.407 e. The van der Waals surface area contributed by atoms with Crippen molar-refractivity contribution in [2.24, 2.45) is 11.1 Å². The molecule has 4 aromatic rings. The highest BCUT2D eigenvalue weighted by Gasteiger charge is 2.37. The van der Waals surface area contributed by atoms with Crippen LogP contribution in [0.25, 0.3) is 11.1 Å². The summed E-state index contributed by atoms with van der Waals surface area (Å²) in [5.74, 6) is -7.05. The number of rotatable bonds is 31. The number of carbonyl (C=O) groups excluding carboxylic acids is 9. The van der Waals surface area contributed by atoms with E-state index in [1.807, 2.05) is 86.0 Å². The van der Waals surface area contributed by atoms with E-state index >= 15 is 4.39 Å². The molecule has 0 radical (unpaired) electrons. The minimum Gasteiger partial charge on any atom is -0.458 e. The monoisotopic (exact) mass is 1160 g/mol. The van der Waals surface area contributed by atoms with Gasteiger partial charge in [0.25, 0.3) is 0 Å². The maximum absolute atomic E-state index is 15.2. The molecule has 0 unspecified atom stereocenters. The van der Waals surface area contributed by atoms with Gasteiger partial charge in [0.1, 0.15) is 54.6 Å². The first-order chi connectivity index (χ1) is 39.1. The average molecular weight is 1160 g/mol. The van der Waals surface area contributed by atoms with Gasteiger partial charge in [0.2, 0.25) is 41.4 Å². The molecule has 0 bridgehead atoms.